The largest absolute Gasteiger partial charge is 0.417 e. The molecule has 0 aromatic carbocycles. The summed E-state index contributed by atoms with van der Waals surface area (Å²) in [5.41, 5.74) is -0.849. The van der Waals surface area contributed by atoms with Crippen molar-refractivity contribution < 1.29 is 13.2 Å². The minimum Gasteiger partial charge on any atom is -0.368 e. The molecule has 0 radical (unpaired) electrons. The van der Waals surface area contributed by atoms with E-state index in [0.29, 0.717) is 19.1 Å². The third-order valence-electron chi connectivity index (χ3n) is 2.14. The molecule has 0 fully saturated rings. The topological polar surface area (TPSA) is 37.0 Å². The van der Waals surface area contributed by atoms with Crippen LogP contribution in [0, 0.1) is 0 Å². The number of hydrogen-bond acceptors (Lipinski definition) is 3. The Kier molecular flexibility index (Phi) is 5.22. The molecule has 0 aliphatic rings. The molecule has 0 amide bonds. The molecule has 1 aromatic rings. The molecule has 0 spiro atoms. The summed E-state index contributed by atoms with van der Waals surface area (Å²) in [6.45, 7) is 5.22. The molecule has 102 valence electrons. The molecular weight excluding hydrogens is 267 g/mol. The van der Waals surface area contributed by atoms with Gasteiger partial charge < -0.3 is 10.6 Å². The Hall–Kier alpha value is -1.01. The number of rotatable bonds is 5. The summed E-state index contributed by atoms with van der Waals surface area (Å²) < 4.78 is 37.1. The van der Waals surface area contributed by atoms with E-state index in [1.165, 1.54) is 0 Å². The zero-order valence-corrected chi connectivity index (χ0v) is 10.9. The van der Waals surface area contributed by atoms with Crippen LogP contribution in [0.3, 0.4) is 0 Å². The van der Waals surface area contributed by atoms with E-state index < -0.39 is 11.7 Å². The van der Waals surface area contributed by atoms with Crippen molar-refractivity contribution in [2.45, 2.75) is 26.1 Å². The molecule has 0 atom stereocenters. The minimum atomic E-state index is -4.42. The number of pyridine rings is 1. The van der Waals surface area contributed by atoms with Crippen molar-refractivity contribution in [2.75, 3.05) is 18.4 Å². The number of nitrogens with zero attached hydrogens (tertiary/aromatic N) is 1. The monoisotopic (exact) mass is 281 g/mol. The molecular formula is C11H15ClF3N3. The number of alkyl halides is 3. The summed E-state index contributed by atoms with van der Waals surface area (Å²) in [7, 11) is 0. The number of aromatic nitrogens is 1. The summed E-state index contributed by atoms with van der Waals surface area (Å²) >= 11 is 5.73. The van der Waals surface area contributed by atoms with Gasteiger partial charge in [0.05, 0.1) is 10.6 Å². The Labute approximate surface area is 109 Å². The van der Waals surface area contributed by atoms with Crippen molar-refractivity contribution in [3.8, 4) is 0 Å². The first kappa shape index (κ1) is 15.0. The molecule has 0 unspecified atom stereocenters. The summed E-state index contributed by atoms with van der Waals surface area (Å²) in [6, 6.07) is 1.22. The Bertz CT molecular complexity index is 394. The van der Waals surface area contributed by atoms with Gasteiger partial charge in [-0.05, 0) is 6.07 Å². The second kappa shape index (κ2) is 6.24. The average Bonchev–Trinajstić information content (AvgIpc) is 2.24. The van der Waals surface area contributed by atoms with E-state index in [0.717, 1.165) is 12.3 Å². The van der Waals surface area contributed by atoms with Crippen LogP contribution in [0.2, 0.25) is 5.02 Å². The molecule has 0 bridgehead atoms. The van der Waals surface area contributed by atoms with Crippen LogP contribution in [-0.2, 0) is 6.18 Å². The van der Waals surface area contributed by atoms with E-state index in [1.54, 1.807) is 0 Å². The summed E-state index contributed by atoms with van der Waals surface area (Å²) in [5, 5.41) is 6.00. The van der Waals surface area contributed by atoms with E-state index in [4.69, 9.17) is 11.6 Å². The van der Waals surface area contributed by atoms with Gasteiger partial charge >= 0.3 is 6.18 Å². The molecule has 18 heavy (non-hydrogen) atoms. The molecule has 0 aliphatic heterocycles. The van der Waals surface area contributed by atoms with Crippen molar-refractivity contribution in [2.24, 2.45) is 0 Å². The fourth-order valence-corrected chi connectivity index (χ4v) is 1.50. The van der Waals surface area contributed by atoms with Gasteiger partial charge in [0.15, 0.2) is 0 Å². The van der Waals surface area contributed by atoms with Gasteiger partial charge in [0, 0.05) is 25.3 Å². The standard InChI is InChI=1S/C11H15ClF3N3/c1-7(2)16-3-4-17-10-9(12)5-8(6-18-10)11(13,14)15/h5-7,16H,3-4H2,1-2H3,(H,17,18). The predicted octanol–water partition coefficient (Wildman–Crippen LogP) is 3.16. The highest BCUT2D eigenvalue weighted by Gasteiger charge is 2.31. The lowest BCUT2D eigenvalue weighted by molar-refractivity contribution is -0.137. The number of hydrogen-bond donors (Lipinski definition) is 2. The first-order valence-corrected chi connectivity index (χ1v) is 5.88. The van der Waals surface area contributed by atoms with Crippen LogP contribution in [0.4, 0.5) is 19.0 Å². The summed E-state index contributed by atoms with van der Waals surface area (Å²) in [6.07, 6.45) is -3.65. The normalized spacial score (nSPS) is 11.9. The molecule has 0 saturated carbocycles. The molecule has 0 saturated heterocycles. The van der Waals surface area contributed by atoms with E-state index in [9.17, 15) is 13.2 Å². The first-order chi connectivity index (χ1) is 8.30. The maximum Gasteiger partial charge on any atom is 0.417 e. The van der Waals surface area contributed by atoms with Crippen LogP contribution in [0.5, 0.6) is 0 Å². The summed E-state index contributed by atoms with van der Waals surface area (Å²) in [5.74, 6) is 0.259. The van der Waals surface area contributed by atoms with Crippen molar-refractivity contribution in [3.05, 3.63) is 22.8 Å². The maximum atomic E-state index is 12.4. The zero-order chi connectivity index (χ0) is 13.8. The van der Waals surface area contributed by atoms with Gasteiger partial charge in [0.1, 0.15) is 5.82 Å². The Morgan fingerprint density at radius 1 is 1.33 bits per heavy atom. The van der Waals surface area contributed by atoms with Gasteiger partial charge in [-0.3, -0.25) is 0 Å². The van der Waals surface area contributed by atoms with E-state index in [1.807, 2.05) is 13.8 Å². The molecule has 1 heterocycles. The fraction of sp³-hybridized carbons (Fsp3) is 0.545. The lowest BCUT2D eigenvalue weighted by atomic mass is 10.3. The first-order valence-electron chi connectivity index (χ1n) is 5.50. The van der Waals surface area contributed by atoms with Crippen molar-refractivity contribution in [1.29, 1.82) is 0 Å². The third kappa shape index (κ3) is 4.70. The van der Waals surface area contributed by atoms with E-state index in [-0.39, 0.29) is 10.8 Å². The van der Waals surface area contributed by atoms with Gasteiger partial charge in [-0.1, -0.05) is 25.4 Å². The molecule has 7 heteroatoms. The second-order valence-electron chi connectivity index (χ2n) is 4.09. The average molecular weight is 282 g/mol. The second-order valence-corrected chi connectivity index (χ2v) is 4.49. The van der Waals surface area contributed by atoms with Gasteiger partial charge in [0.25, 0.3) is 0 Å². The van der Waals surface area contributed by atoms with Crippen LogP contribution in [0.1, 0.15) is 19.4 Å². The minimum absolute atomic E-state index is 0.0330. The molecule has 3 nitrogen and oxygen atoms in total. The Balaban J connectivity index is 2.58. The number of anilines is 1. The number of halogens is 4. The van der Waals surface area contributed by atoms with Gasteiger partial charge in [-0.15, -0.1) is 0 Å². The molecule has 0 aliphatic carbocycles. The third-order valence-corrected chi connectivity index (χ3v) is 2.43. The quantitative estimate of drug-likeness (QED) is 0.814. The SMILES string of the molecule is CC(C)NCCNc1ncc(C(F)(F)F)cc1Cl. The lowest BCUT2D eigenvalue weighted by Gasteiger charge is -2.12. The van der Waals surface area contributed by atoms with Gasteiger partial charge in [0.2, 0.25) is 0 Å². The van der Waals surface area contributed by atoms with Crippen LogP contribution in [0.25, 0.3) is 0 Å². The van der Waals surface area contributed by atoms with Crippen LogP contribution >= 0.6 is 11.6 Å². The molecule has 1 rings (SSSR count). The Morgan fingerprint density at radius 3 is 2.50 bits per heavy atom. The highest BCUT2D eigenvalue weighted by molar-refractivity contribution is 6.32. The fourth-order valence-electron chi connectivity index (χ4n) is 1.26. The highest BCUT2D eigenvalue weighted by atomic mass is 35.5. The van der Waals surface area contributed by atoms with Gasteiger partial charge in [-0.2, -0.15) is 13.2 Å². The molecule has 1 aromatic heterocycles. The van der Waals surface area contributed by atoms with E-state index >= 15 is 0 Å². The molecule has 2 N–H and O–H groups in total. The smallest absolute Gasteiger partial charge is 0.368 e. The van der Waals surface area contributed by atoms with Crippen LogP contribution in [0.15, 0.2) is 12.3 Å². The highest BCUT2D eigenvalue weighted by Crippen LogP contribution is 2.32. The van der Waals surface area contributed by atoms with Crippen LogP contribution < -0.4 is 10.6 Å². The lowest BCUT2D eigenvalue weighted by Crippen LogP contribution is -2.28. The van der Waals surface area contributed by atoms with Crippen molar-refractivity contribution >= 4 is 17.4 Å². The Morgan fingerprint density at radius 2 is 2.00 bits per heavy atom. The van der Waals surface area contributed by atoms with Crippen molar-refractivity contribution in [1.82, 2.24) is 10.3 Å². The van der Waals surface area contributed by atoms with Gasteiger partial charge in [-0.25, -0.2) is 4.98 Å². The summed E-state index contributed by atoms with van der Waals surface area (Å²) in [4.78, 5) is 3.67. The number of nitrogens with one attached hydrogen (secondary N) is 2. The predicted molar refractivity (Wildman–Crippen MR) is 65.9 cm³/mol. The zero-order valence-electron chi connectivity index (χ0n) is 10.1. The van der Waals surface area contributed by atoms with E-state index in [2.05, 4.69) is 15.6 Å². The van der Waals surface area contributed by atoms with Crippen molar-refractivity contribution in [3.63, 3.8) is 0 Å². The maximum absolute atomic E-state index is 12.4. The van der Waals surface area contributed by atoms with Crippen LogP contribution in [-0.4, -0.2) is 24.1 Å².